The first kappa shape index (κ1) is 14.5. The van der Waals surface area contributed by atoms with Crippen molar-refractivity contribution in [3.8, 4) is 0 Å². The molecule has 19 heavy (non-hydrogen) atoms. The van der Waals surface area contributed by atoms with Crippen LogP contribution in [0.2, 0.25) is 0 Å². The van der Waals surface area contributed by atoms with E-state index in [-0.39, 0.29) is 6.04 Å². The van der Waals surface area contributed by atoms with E-state index in [0.29, 0.717) is 12.1 Å². The van der Waals surface area contributed by atoms with Gasteiger partial charge in [-0.2, -0.15) is 0 Å². The number of fused-ring (bicyclic) bond motifs is 1. The van der Waals surface area contributed by atoms with Crippen molar-refractivity contribution in [3.63, 3.8) is 0 Å². The van der Waals surface area contributed by atoms with Crippen LogP contribution in [0.1, 0.15) is 56.7 Å². The molecule has 0 aliphatic heterocycles. The summed E-state index contributed by atoms with van der Waals surface area (Å²) in [5, 5.41) is 0. The quantitative estimate of drug-likeness (QED) is 0.839. The number of rotatable bonds is 4. The van der Waals surface area contributed by atoms with Crippen LogP contribution in [-0.4, -0.2) is 24.0 Å². The molecule has 0 saturated carbocycles. The molecule has 0 saturated heterocycles. The molecule has 106 valence electrons. The molecule has 1 aliphatic rings. The third-order valence-corrected chi connectivity index (χ3v) is 4.70. The van der Waals surface area contributed by atoms with Gasteiger partial charge >= 0.3 is 0 Å². The normalized spacial score (nSPS) is 24.9. The van der Waals surface area contributed by atoms with Crippen LogP contribution in [0.25, 0.3) is 0 Å². The molecule has 0 amide bonds. The van der Waals surface area contributed by atoms with Crippen molar-refractivity contribution in [3.05, 3.63) is 35.4 Å². The molecule has 2 N–H and O–H groups in total. The minimum absolute atomic E-state index is 0.156. The lowest BCUT2D eigenvalue weighted by Gasteiger charge is -2.36. The fraction of sp³-hybridized carbons (Fsp3) is 0.647. The van der Waals surface area contributed by atoms with Crippen molar-refractivity contribution in [2.45, 2.75) is 64.1 Å². The molecule has 0 heterocycles. The van der Waals surface area contributed by atoms with E-state index in [1.54, 1.807) is 0 Å². The van der Waals surface area contributed by atoms with Gasteiger partial charge in [0.1, 0.15) is 0 Å². The summed E-state index contributed by atoms with van der Waals surface area (Å²) in [6, 6.07) is 9.97. The van der Waals surface area contributed by atoms with E-state index >= 15 is 0 Å². The van der Waals surface area contributed by atoms with Gasteiger partial charge in [0, 0.05) is 18.1 Å². The largest absolute Gasteiger partial charge is 0.323 e. The second-order valence-corrected chi connectivity index (χ2v) is 5.99. The van der Waals surface area contributed by atoms with Crippen molar-refractivity contribution < 1.29 is 0 Å². The van der Waals surface area contributed by atoms with Gasteiger partial charge in [-0.25, -0.2) is 0 Å². The van der Waals surface area contributed by atoms with Crippen molar-refractivity contribution in [2.75, 3.05) is 7.05 Å². The third-order valence-electron chi connectivity index (χ3n) is 4.70. The Bertz CT molecular complexity index is 402. The maximum atomic E-state index is 6.58. The number of nitrogens with zero attached hydrogens (tertiary/aromatic N) is 1. The monoisotopic (exact) mass is 260 g/mol. The highest BCUT2D eigenvalue weighted by molar-refractivity contribution is 5.32. The van der Waals surface area contributed by atoms with Gasteiger partial charge in [0.25, 0.3) is 0 Å². The van der Waals surface area contributed by atoms with Crippen LogP contribution in [0, 0.1) is 0 Å². The minimum atomic E-state index is 0.156. The van der Waals surface area contributed by atoms with E-state index in [4.69, 9.17) is 5.73 Å². The van der Waals surface area contributed by atoms with Gasteiger partial charge in [0.15, 0.2) is 0 Å². The Morgan fingerprint density at radius 3 is 2.84 bits per heavy atom. The third kappa shape index (κ3) is 3.18. The Balaban J connectivity index is 2.19. The lowest BCUT2D eigenvalue weighted by Crippen LogP contribution is -2.44. The Hall–Kier alpha value is -0.860. The lowest BCUT2D eigenvalue weighted by molar-refractivity contribution is 0.145. The molecule has 2 heteroatoms. The van der Waals surface area contributed by atoms with Crippen LogP contribution in [0.15, 0.2) is 24.3 Å². The summed E-state index contributed by atoms with van der Waals surface area (Å²) >= 11 is 0. The van der Waals surface area contributed by atoms with Gasteiger partial charge in [0.2, 0.25) is 0 Å². The highest BCUT2D eigenvalue weighted by Gasteiger charge is 2.29. The van der Waals surface area contributed by atoms with Gasteiger partial charge in [-0.05, 0) is 50.8 Å². The molecule has 0 radical (unpaired) electrons. The van der Waals surface area contributed by atoms with Crippen LogP contribution in [-0.2, 0) is 6.42 Å². The van der Waals surface area contributed by atoms with Gasteiger partial charge in [-0.3, -0.25) is 4.90 Å². The number of aryl methyl sites for hydroxylation is 1. The predicted octanol–water partition coefficient (Wildman–Crippen LogP) is 3.51. The van der Waals surface area contributed by atoms with E-state index in [0.717, 1.165) is 0 Å². The van der Waals surface area contributed by atoms with Gasteiger partial charge in [-0.1, -0.05) is 37.6 Å². The van der Waals surface area contributed by atoms with Crippen LogP contribution < -0.4 is 5.73 Å². The molecule has 2 rings (SSSR count). The topological polar surface area (TPSA) is 29.3 Å². The molecule has 0 bridgehead atoms. The van der Waals surface area contributed by atoms with E-state index in [1.807, 2.05) is 0 Å². The predicted molar refractivity (Wildman–Crippen MR) is 82.2 cm³/mol. The lowest BCUT2D eigenvalue weighted by atomic mass is 9.95. The zero-order valence-corrected chi connectivity index (χ0v) is 12.6. The molecule has 0 spiro atoms. The molecule has 1 aromatic rings. The highest BCUT2D eigenvalue weighted by Crippen LogP contribution is 2.30. The summed E-state index contributed by atoms with van der Waals surface area (Å²) < 4.78 is 0. The summed E-state index contributed by atoms with van der Waals surface area (Å²) in [5.41, 5.74) is 9.40. The van der Waals surface area contributed by atoms with E-state index in [2.05, 4.69) is 50.1 Å². The van der Waals surface area contributed by atoms with E-state index < -0.39 is 0 Å². The second kappa shape index (κ2) is 6.53. The van der Waals surface area contributed by atoms with Crippen molar-refractivity contribution in [1.29, 1.82) is 0 Å². The zero-order valence-electron chi connectivity index (χ0n) is 12.6. The SMILES string of the molecule is CCCC(C)N(C)C1CCCc2ccccc2C1N. The van der Waals surface area contributed by atoms with Crippen molar-refractivity contribution in [2.24, 2.45) is 5.73 Å². The summed E-state index contributed by atoms with van der Waals surface area (Å²) in [6.45, 7) is 4.58. The molecule has 3 atom stereocenters. The maximum absolute atomic E-state index is 6.58. The van der Waals surface area contributed by atoms with Gasteiger partial charge < -0.3 is 5.73 Å². The standard InChI is InChI=1S/C17H28N2/c1-4-8-13(2)19(3)16-12-7-10-14-9-5-6-11-15(14)17(16)18/h5-6,9,11,13,16-17H,4,7-8,10,12,18H2,1-3H3. The van der Waals surface area contributed by atoms with Crippen LogP contribution in [0.5, 0.6) is 0 Å². The van der Waals surface area contributed by atoms with E-state index in [1.165, 1.54) is 43.2 Å². The van der Waals surface area contributed by atoms with Gasteiger partial charge in [-0.15, -0.1) is 0 Å². The second-order valence-electron chi connectivity index (χ2n) is 5.99. The smallest absolute Gasteiger partial charge is 0.0455 e. The first-order valence-corrected chi connectivity index (χ1v) is 7.70. The van der Waals surface area contributed by atoms with E-state index in [9.17, 15) is 0 Å². The number of nitrogens with two attached hydrogens (primary N) is 1. The summed E-state index contributed by atoms with van der Waals surface area (Å²) in [7, 11) is 2.25. The Kier molecular flexibility index (Phi) is 5.00. The molecular formula is C17H28N2. The highest BCUT2D eigenvalue weighted by atomic mass is 15.2. The first-order chi connectivity index (χ1) is 9.15. The number of likely N-dealkylation sites (N-methyl/N-ethyl adjacent to an activating group) is 1. The zero-order chi connectivity index (χ0) is 13.8. The number of benzene rings is 1. The Morgan fingerprint density at radius 2 is 2.11 bits per heavy atom. The average Bonchev–Trinajstić information content (AvgIpc) is 2.58. The molecule has 1 aromatic carbocycles. The first-order valence-electron chi connectivity index (χ1n) is 7.70. The molecule has 3 unspecified atom stereocenters. The number of hydrogen-bond acceptors (Lipinski definition) is 2. The molecule has 1 aliphatic carbocycles. The average molecular weight is 260 g/mol. The number of hydrogen-bond donors (Lipinski definition) is 1. The fourth-order valence-corrected chi connectivity index (χ4v) is 3.38. The Morgan fingerprint density at radius 1 is 1.37 bits per heavy atom. The minimum Gasteiger partial charge on any atom is -0.323 e. The van der Waals surface area contributed by atoms with Crippen molar-refractivity contribution in [1.82, 2.24) is 4.90 Å². The van der Waals surface area contributed by atoms with Crippen LogP contribution in [0.3, 0.4) is 0 Å². The Labute approximate surface area is 118 Å². The van der Waals surface area contributed by atoms with Gasteiger partial charge in [0.05, 0.1) is 0 Å². The maximum Gasteiger partial charge on any atom is 0.0455 e. The summed E-state index contributed by atoms with van der Waals surface area (Å²) in [5.74, 6) is 0. The molecule has 2 nitrogen and oxygen atoms in total. The summed E-state index contributed by atoms with van der Waals surface area (Å²) in [4.78, 5) is 2.51. The van der Waals surface area contributed by atoms with Crippen LogP contribution in [0.4, 0.5) is 0 Å². The van der Waals surface area contributed by atoms with Crippen molar-refractivity contribution >= 4 is 0 Å². The molecule has 0 aromatic heterocycles. The molecular weight excluding hydrogens is 232 g/mol. The summed E-state index contributed by atoms with van der Waals surface area (Å²) in [6.07, 6.45) is 6.13. The molecule has 0 fully saturated rings. The van der Waals surface area contributed by atoms with Crippen LogP contribution >= 0.6 is 0 Å². The fourth-order valence-electron chi connectivity index (χ4n) is 3.38.